The van der Waals surface area contributed by atoms with E-state index in [4.69, 9.17) is 0 Å². The molecule has 4 atom stereocenters. The van der Waals surface area contributed by atoms with E-state index < -0.39 is 11.9 Å². The lowest BCUT2D eigenvalue weighted by molar-refractivity contribution is -0.143. The standard InChI is InChI=1S/C17H27NO3/c19-16(15-11-7-5-6-8-12(11)15)18-14-10-4-2-1-3-9-13(14)17(20)21/h11-15H,1-10H2,(H,18,19)(H,20,21). The quantitative estimate of drug-likeness (QED) is 0.840. The third-order valence-electron chi connectivity index (χ3n) is 5.87. The van der Waals surface area contributed by atoms with Gasteiger partial charge in [0.15, 0.2) is 0 Å². The monoisotopic (exact) mass is 293 g/mol. The first-order valence-electron chi connectivity index (χ1n) is 8.71. The molecule has 0 aromatic rings. The molecule has 0 heterocycles. The Bertz CT molecular complexity index is 397. The Kier molecular flexibility index (Phi) is 4.51. The summed E-state index contributed by atoms with van der Waals surface area (Å²) in [5, 5.41) is 12.6. The van der Waals surface area contributed by atoms with E-state index in [1.807, 2.05) is 0 Å². The Morgan fingerprint density at radius 3 is 2.00 bits per heavy atom. The summed E-state index contributed by atoms with van der Waals surface area (Å²) >= 11 is 0. The molecule has 3 rings (SSSR count). The molecule has 2 N–H and O–H groups in total. The summed E-state index contributed by atoms with van der Waals surface area (Å²) < 4.78 is 0. The van der Waals surface area contributed by atoms with Gasteiger partial charge in [-0.3, -0.25) is 9.59 Å². The maximum atomic E-state index is 12.5. The predicted molar refractivity (Wildman–Crippen MR) is 79.7 cm³/mol. The van der Waals surface area contributed by atoms with E-state index in [0.29, 0.717) is 18.3 Å². The van der Waals surface area contributed by atoms with E-state index >= 15 is 0 Å². The van der Waals surface area contributed by atoms with Gasteiger partial charge in [-0.2, -0.15) is 0 Å². The molecule has 0 aromatic heterocycles. The molecule has 118 valence electrons. The average molecular weight is 293 g/mol. The smallest absolute Gasteiger partial charge is 0.308 e. The number of amides is 1. The van der Waals surface area contributed by atoms with Crippen molar-refractivity contribution >= 4 is 11.9 Å². The number of nitrogens with one attached hydrogen (secondary N) is 1. The Morgan fingerprint density at radius 2 is 1.38 bits per heavy atom. The van der Waals surface area contributed by atoms with Crippen LogP contribution in [0.3, 0.4) is 0 Å². The lowest BCUT2D eigenvalue weighted by atomic mass is 9.86. The average Bonchev–Trinajstić information content (AvgIpc) is 3.15. The van der Waals surface area contributed by atoms with Crippen LogP contribution in [0.4, 0.5) is 0 Å². The zero-order chi connectivity index (χ0) is 14.8. The molecule has 0 bridgehead atoms. The van der Waals surface area contributed by atoms with Crippen LogP contribution < -0.4 is 5.32 Å². The zero-order valence-corrected chi connectivity index (χ0v) is 12.7. The fraction of sp³-hybridized carbons (Fsp3) is 0.882. The van der Waals surface area contributed by atoms with Crippen molar-refractivity contribution in [1.82, 2.24) is 5.32 Å². The van der Waals surface area contributed by atoms with Gasteiger partial charge in [0.2, 0.25) is 5.91 Å². The Labute approximate surface area is 126 Å². The predicted octanol–water partition coefficient (Wildman–Crippen LogP) is 2.96. The number of carbonyl (C=O) groups excluding carboxylic acids is 1. The van der Waals surface area contributed by atoms with Crippen molar-refractivity contribution < 1.29 is 14.7 Å². The Hall–Kier alpha value is -1.06. The second kappa shape index (κ2) is 6.37. The van der Waals surface area contributed by atoms with Gasteiger partial charge in [0.25, 0.3) is 0 Å². The molecule has 0 aromatic carbocycles. The fourth-order valence-electron chi connectivity index (χ4n) is 4.61. The molecule has 4 heteroatoms. The second-order valence-corrected chi connectivity index (χ2v) is 7.19. The highest BCUT2D eigenvalue weighted by Gasteiger charge is 2.55. The molecular formula is C17H27NO3. The normalized spacial score (nSPS) is 39.5. The van der Waals surface area contributed by atoms with Gasteiger partial charge in [0, 0.05) is 12.0 Å². The van der Waals surface area contributed by atoms with Crippen LogP contribution in [0.5, 0.6) is 0 Å². The number of rotatable bonds is 3. The van der Waals surface area contributed by atoms with Crippen LogP contribution in [-0.2, 0) is 9.59 Å². The van der Waals surface area contributed by atoms with E-state index in [9.17, 15) is 14.7 Å². The van der Waals surface area contributed by atoms with E-state index in [2.05, 4.69) is 5.32 Å². The van der Waals surface area contributed by atoms with Gasteiger partial charge in [-0.25, -0.2) is 0 Å². The van der Waals surface area contributed by atoms with Crippen molar-refractivity contribution in [3.63, 3.8) is 0 Å². The fourth-order valence-corrected chi connectivity index (χ4v) is 4.61. The SMILES string of the molecule is O=C(O)C1CCCCCCC1NC(=O)C1C2CCCCC21. The third-order valence-corrected chi connectivity index (χ3v) is 5.87. The molecule has 1 amide bonds. The van der Waals surface area contributed by atoms with Crippen LogP contribution in [0.1, 0.15) is 64.2 Å². The van der Waals surface area contributed by atoms with Crippen molar-refractivity contribution in [2.24, 2.45) is 23.7 Å². The van der Waals surface area contributed by atoms with E-state index in [1.54, 1.807) is 0 Å². The summed E-state index contributed by atoms with van der Waals surface area (Å²) in [4.78, 5) is 24.0. The minimum absolute atomic E-state index is 0.142. The molecule has 0 saturated heterocycles. The first kappa shape index (κ1) is 14.9. The Balaban J connectivity index is 1.60. The minimum atomic E-state index is -0.740. The third kappa shape index (κ3) is 3.24. The van der Waals surface area contributed by atoms with Crippen LogP contribution in [0, 0.1) is 23.7 Å². The Morgan fingerprint density at radius 1 is 0.810 bits per heavy atom. The van der Waals surface area contributed by atoms with E-state index in [1.165, 1.54) is 25.7 Å². The summed E-state index contributed by atoms with van der Waals surface area (Å²) in [6.45, 7) is 0. The lowest BCUT2D eigenvalue weighted by Crippen LogP contribution is -2.44. The van der Waals surface area contributed by atoms with Crippen molar-refractivity contribution in [1.29, 1.82) is 0 Å². The number of carbonyl (C=O) groups is 2. The number of hydrogen-bond acceptors (Lipinski definition) is 2. The van der Waals surface area contributed by atoms with Crippen LogP contribution in [-0.4, -0.2) is 23.0 Å². The van der Waals surface area contributed by atoms with Gasteiger partial charge in [0.05, 0.1) is 5.92 Å². The maximum Gasteiger partial charge on any atom is 0.308 e. The highest BCUT2D eigenvalue weighted by Crippen LogP contribution is 2.55. The number of aliphatic carboxylic acids is 1. The van der Waals surface area contributed by atoms with Crippen LogP contribution in [0.25, 0.3) is 0 Å². The lowest BCUT2D eigenvalue weighted by Gasteiger charge is -2.27. The highest BCUT2D eigenvalue weighted by atomic mass is 16.4. The molecule has 4 nitrogen and oxygen atoms in total. The molecule has 0 radical (unpaired) electrons. The number of carboxylic acids is 1. The molecular weight excluding hydrogens is 266 g/mol. The summed E-state index contributed by atoms with van der Waals surface area (Å²) in [6, 6.07) is -0.155. The molecule has 4 unspecified atom stereocenters. The number of hydrogen-bond donors (Lipinski definition) is 2. The van der Waals surface area contributed by atoms with Gasteiger partial charge >= 0.3 is 5.97 Å². The molecule has 0 spiro atoms. The summed E-state index contributed by atoms with van der Waals surface area (Å²) in [6.07, 6.45) is 10.7. The molecule has 3 fully saturated rings. The summed E-state index contributed by atoms with van der Waals surface area (Å²) in [7, 11) is 0. The van der Waals surface area contributed by atoms with Gasteiger partial charge in [-0.15, -0.1) is 0 Å². The highest BCUT2D eigenvalue weighted by molar-refractivity contribution is 5.83. The van der Waals surface area contributed by atoms with Crippen LogP contribution >= 0.6 is 0 Å². The first-order valence-corrected chi connectivity index (χ1v) is 8.71. The van der Waals surface area contributed by atoms with Crippen molar-refractivity contribution in [3.8, 4) is 0 Å². The molecule has 3 saturated carbocycles. The maximum absolute atomic E-state index is 12.5. The minimum Gasteiger partial charge on any atom is -0.481 e. The summed E-state index contributed by atoms with van der Waals surface area (Å²) in [5.74, 6) is 0.382. The van der Waals surface area contributed by atoms with E-state index in [-0.39, 0.29) is 17.9 Å². The van der Waals surface area contributed by atoms with Crippen molar-refractivity contribution in [2.45, 2.75) is 70.3 Å². The van der Waals surface area contributed by atoms with Crippen LogP contribution in [0.15, 0.2) is 0 Å². The van der Waals surface area contributed by atoms with Gasteiger partial charge < -0.3 is 10.4 Å². The van der Waals surface area contributed by atoms with Gasteiger partial charge in [0.1, 0.15) is 0 Å². The first-order chi connectivity index (χ1) is 10.2. The molecule has 3 aliphatic carbocycles. The van der Waals surface area contributed by atoms with Gasteiger partial charge in [-0.1, -0.05) is 38.5 Å². The van der Waals surface area contributed by atoms with Gasteiger partial charge in [-0.05, 0) is 37.5 Å². The molecule has 0 aliphatic heterocycles. The second-order valence-electron chi connectivity index (χ2n) is 7.19. The largest absolute Gasteiger partial charge is 0.481 e. The number of carboxylic acid groups (broad SMARTS) is 1. The van der Waals surface area contributed by atoms with E-state index in [0.717, 1.165) is 32.1 Å². The number of fused-ring (bicyclic) bond motifs is 1. The zero-order valence-electron chi connectivity index (χ0n) is 12.7. The van der Waals surface area contributed by atoms with Crippen LogP contribution in [0.2, 0.25) is 0 Å². The topological polar surface area (TPSA) is 66.4 Å². The van der Waals surface area contributed by atoms with Crippen molar-refractivity contribution in [3.05, 3.63) is 0 Å². The summed E-state index contributed by atoms with van der Waals surface area (Å²) in [5.41, 5.74) is 0. The molecule has 21 heavy (non-hydrogen) atoms. The van der Waals surface area contributed by atoms with Crippen molar-refractivity contribution in [2.75, 3.05) is 0 Å². The molecule has 3 aliphatic rings.